The van der Waals surface area contributed by atoms with Gasteiger partial charge < -0.3 is 9.64 Å². The highest BCUT2D eigenvalue weighted by molar-refractivity contribution is 5.85. The number of benzene rings is 1. The number of para-hydroxylation sites is 1. The molecule has 1 unspecified atom stereocenters. The van der Waals surface area contributed by atoms with E-state index in [0.29, 0.717) is 32.5 Å². The van der Waals surface area contributed by atoms with Gasteiger partial charge in [0.1, 0.15) is 11.5 Å². The van der Waals surface area contributed by atoms with Gasteiger partial charge in [0.2, 0.25) is 5.91 Å². The van der Waals surface area contributed by atoms with Crippen LogP contribution in [0.25, 0.3) is 0 Å². The molecule has 0 aliphatic carbocycles. The fourth-order valence-electron chi connectivity index (χ4n) is 2.17. The van der Waals surface area contributed by atoms with Crippen molar-refractivity contribution >= 4 is 11.7 Å². The third-order valence-electron chi connectivity index (χ3n) is 3.35. The van der Waals surface area contributed by atoms with Crippen LogP contribution >= 0.6 is 0 Å². The molecule has 1 aliphatic rings. The normalized spacial score (nSPS) is 19.3. The van der Waals surface area contributed by atoms with Gasteiger partial charge in [-0.15, -0.1) is 0 Å². The van der Waals surface area contributed by atoms with Crippen LogP contribution in [0.2, 0.25) is 0 Å². The second-order valence-electron chi connectivity index (χ2n) is 4.87. The molecule has 2 rings (SSSR count). The molecule has 0 radical (unpaired) electrons. The first-order chi connectivity index (χ1) is 9.16. The van der Waals surface area contributed by atoms with E-state index < -0.39 is 0 Å². The second kappa shape index (κ2) is 6.36. The summed E-state index contributed by atoms with van der Waals surface area (Å²) >= 11 is 0. The van der Waals surface area contributed by atoms with E-state index in [1.54, 1.807) is 4.90 Å². The van der Waals surface area contributed by atoms with E-state index in [0.717, 1.165) is 5.75 Å². The van der Waals surface area contributed by atoms with Crippen LogP contribution in [0.15, 0.2) is 30.3 Å². The first kappa shape index (κ1) is 13.6. The number of ether oxygens (including phenoxy) is 1. The number of nitrogens with zero attached hydrogens (tertiary/aromatic N) is 1. The SMILES string of the molecule is CC1CN(C(=O)CCOc2ccccc2)CCC1=O. The summed E-state index contributed by atoms with van der Waals surface area (Å²) in [5.41, 5.74) is 0. The van der Waals surface area contributed by atoms with Crippen LogP contribution in [0.4, 0.5) is 0 Å². The summed E-state index contributed by atoms with van der Waals surface area (Å²) in [7, 11) is 0. The summed E-state index contributed by atoms with van der Waals surface area (Å²) < 4.78 is 5.50. The summed E-state index contributed by atoms with van der Waals surface area (Å²) in [6.45, 7) is 3.35. The van der Waals surface area contributed by atoms with E-state index in [1.165, 1.54) is 0 Å². The zero-order valence-electron chi connectivity index (χ0n) is 11.2. The third kappa shape index (κ3) is 3.81. The predicted octanol–water partition coefficient (Wildman–Crippen LogP) is 1.89. The van der Waals surface area contributed by atoms with Crippen molar-refractivity contribution in [2.75, 3.05) is 19.7 Å². The van der Waals surface area contributed by atoms with Crippen molar-refractivity contribution in [3.05, 3.63) is 30.3 Å². The predicted molar refractivity (Wildman–Crippen MR) is 71.9 cm³/mol. The number of hydrogen-bond acceptors (Lipinski definition) is 3. The molecule has 19 heavy (non-hydrogen) atoms. The average Bonchev–Trinajstić information content (AvgIpc) is 2.43. The number of carbonyl (C=O) groups is 2. The minimum atomic E-state index is -0.0345. The van der Waals surface area contributed by atoms with Crippen molar-refractivity contribution < 1.29 is 14.3 Å². The Hall–Kier alpha value is -1.84. The quantitative estimate of drug-likeness (QED) is 0.831. The molecule has 1 aromatic carbocycles. The van der Waals surface area contributed by atoms with Gasteiger partial charge in [-0.05, 0) is 12.1 Å². The van der Waals surface area contributed by atoms with Gasteiger partial charge in [-0.2, -0.15) is 0 Å². The molecule has 1 amide bonds. The van der Waals surface area contributed by atoms with Crippen LogP contribution in [-0.4, -0.2) is 36.3 Å². The number of amides is 1. The van der Waals surface area contributed by atoms with Gasteiger partial charge in [0.05, 0.1) is 13.0 Å². The summed E-state index contributed by atoms with van der Waals surface area (Å²) in [6, 6.07) is 9.45. The van der Waals surface area contributed by atoms with Gasteiger partial charge in [-0.1, -0.05) is 25.1 Å². The third-order valence-corrected chi connectivity index (χ3v) is 3.35. The maximum Gasteiger partial charge on any atom is 0.226 e. The molecule has 0 bridgehead atoms. The maximum atomic E-state index is 12.0. The standard InChI is InChI=1S/C15H19NO3/c1-12-11-16(9-7-14(12)17)15(18)8-10-19-13-5-3-2-4-6-13/h2-6,12H,7-11H2,1H3. The fraction of sp³-hybridized carbons (Fsp3) is 0.467. The van der Waals surface area contributed by atoms with Crippen molar-refractivity contribution in [1.29, 1.82) is 0 Å². The Labute approximate surface area is 113 Å². The Kier molecular flexibility index (Phi) is 4.55. The number of carbonyl (C=O) groups excluding carboxylic acids is 2. The average molecular weight is 261 g/mol. The molecule has 4 heteroatoms. The summed E-state index contributed by atoms with van der Waals surface area (Å²) in [4.78, 5) is 25.1. The van der Waals surface area contributed by atoms with Crippen LogP contribution in [-0.2, 0) is 9.59 Å². The largest absolute Gasteiger partial charge is 0.493 e. The highest BCUT2D eigenvalue weighted by atomic mass is 16.5. The Bertz CT molecular complexity index is 444. The molecule has 1 aliphatic heterocycles. The van der Waals surface area contributed by atoms with Crippen LogP contribution in [0.5, 0.6) is 5.75 Å². The molecule has 1 saturated heterocycles. The number of ketones is 1. The topological polar surface area (TPSA) is 46.6 Å². The molecule has 4 nitrogen and oxygen atoms in total. The molecule has 0 spiro atoms. The molecular weight excluding hydrogens is 242 g/mol. The lowest BCUT2D eigenvalue weighted by Crippen LogP contribution is -2.43. The summed E-state index contributed by atoms with van der Waals surface area (Å²) in [5.74, 6) is 1.06. The van der Waals surface area contributed by atoms with Crippen molar-refractivity contribution in [2.45, 2.75) is 19.8 Å². The molecule has 0 saturated carbocycles. The van der Waals surface area contributed by atoms with Crippen LogP contribution < -0.4 is 4.74 Å². The van der Waals surface area contributed by atoms with Gasteiger partial charge in [0, 0.05) is 25.4 Å². The highest BCUT2D eigenvalue weighted by Gasteiger charge is 2.26. The minimum absolute atomic E-state index is 0.0345. The zero-order chi connectivity index (χ0) is 13.7. The van der Waals surface area contributed by atoms with Gasteiger partial charge >= 0.3 is 0 Å². The fourth-order valence-corrected chi connectivity index (χ4v) is 2.17. The van der Waals surface area contributed by atoms with Gasteiger partial charge in [0.15, 0.2) is 0 Å². The molecular formula is C15H19NO3. The first-order valence-corrected chi connectivity index (χ1v) is 6.65. The van der Waals surface area contributed by atoms with E-state index in [-0.39, 0.29) is 17.6 Å². The van der Waals surface area contributed by atoms with Crippen LogP contribution in [0.1, 0.15) is 19.8 Å². The van der Waals surface area contributed by atoms with Crippen LogP contribution in [0.3, 0.4) is 0 Å². The van der Waals surface area contributed by atoms with E-state index in [9.17, 15) is 9.59 Å². The van der Waals surface area contributed by atoms with Crippen molar-refractivity contribution in [2.24, 2.45) is 5.92 Å². The number of Topliss-reactive ketones (excluding diaryl/α,β-unsaturated/α-hetero) is 1. The number of hydrogen-bond donors (Lipinski definition) is 0. The lowest BCUT2D eigenvalue weighted by atomic mass is 9.98. The molecule has 1 heterocycles. The first-order valence-electron chi connectivity index (χ1n) is 6.65. The number of likely N-dealkylation sites (tertiary alicyclic amines) is 1. The van der Waals surface area contributed by atoms with Gasteiger partial charge in [-0.3, -0.25) is 9.59 Å². The van der Waals surface area contributed by atoms with E-state index >= 15 is 0 Å². The van der Waals surface area contributed by atoms with Crippen molar-refractivity contribution in [3.8, 4) is 5.75 Å². The number of piperidine rings is 1. The lowest BCUT2D eigenvalue weighted by molar-refractivity contribution is -0.137. The van der Waals surface area contributed by atoms with Crippen molar-refractivity contribution in [3.63, 3.8) is 0 Å². The second-order valence-corrected chi connectivity index (χ2v) is 4.87. The Morgan fingerprint density at radius 1 is 1.37 bits per heavy atom. The van der Waals surface area contributed by atoms with E-state index in [4.69, 9.17) is 4.74 Å². The Morgan fingerprint density at radius 2 is 2.11 bits per heavy atom. The smallest absolute Gasteiger partial charge is 0.226 e. The molecule has 102 valence electrons. The van der Waals surface area contributed by atoms with Gasteiger partial charge in [0.25, 0.3) is 0 Å². The van der Waals surface area contributed by atoms with Crippen LogP contribution in [0, 0.1) is 5.92 Å². The minimum Gasteiger partial charge on any atom is -0.493 e. The highest BCUT2D eigenvalue weighted by Crippen LogP contribution is 2.14. The molecule has 0 N–H and O–H groups in total. The van der Waals surface area contributed by atoms with Crippen molar-refractivity contribution in [1.82, 2.24) is 4.90 Å². The van der Waals surface area contributed by atoms with E-state index in [1.807, 2.05) is 37.3 Å². The summed E-state index contributed by atoms with van der Waals surface area (Å²) in [5, 5.41) is 0. The number of rotatable bonds is 4. The summed E-state index contributed by atoms with van der Waals surface area (Å²) in [6.07, 6.45) is 0.836. The Morgan fingerprint density at radius 3 is 2.79 bits per heavy atom. The van der Waals surface area contributed by atoms with Gasteiger partial charge in [-0.25, -0.2) is 0 Å². The molecule has 1 fully saturated rings. The molecule has 0 aromatic heterocycles. The lowest BCUT2D eigenvalue weighted by Gasteiger charge is -2.30. The zero-order valence-corrected chi connectivity index (χ0v) is 11.2. The Balaban J connectivity index is 1.74. The monoisotopic (exact) mass is 261 g/mol. The van der Waals surface area contributed by atoms with E-state index in [2.05, 4.69) is 0 Å². The molecule has 1 atom stereocenters. The maximum absolute atomic E-state index is 12.0. The molecule has 1 aromatic rings.